The van der Waals surface area contributed by atoms with E-state index in [4.69, 9.17) is 0 Å². The Hall–Kier alpha value is -0.510. The summed E-state index contributed by atoms with van der Waals surface area (Å²) in [7, 11) is 1.35. The zero-order chi connectivity index (χ0) is 8.97. The molecule has 0 aromatic heterocycles. The molecular weight excluding hydrogens is 176 g/mol. The second kappa shape index (κ2) is 4.50. The third-order valence-electron chi connectivity index (χ3n) is 1.72. The van der Waals surface area contributed by atoms with Crippen molar-refractivity contribution in [2.45, 2.75) is 12.8 Å². The zero-order valence-electron chi connectivity index (χ0n) is 7.04. The van der Waals surface area contributed by atoms with E-state index in [9.17, 15) is 9.59 Å². The largest absolute Gasteiger partial charge is 0.468 e. The first-order valence-electron chi connectivity index (χ1n) is 3.91. The Bertz CT molecular complexity index is 187. The molecule has 0 N–H and O–H groups in total. The summed E-state index contributed by atoms with van der Waals surface area (Å²) >= 11 is 1.34. The van der Waals surface area contributed by atoms with Gasteiger partial charge in [-0.25, -0.2) is 0 Å². The topological polar surface area (TPSA) is 43.4 Å². The van der Waals surface area contributed by atoms with Gasteiger partial charge in [0.1, 0.15) is 5.78 Å². The first-order chi connectivity index (χ1) is 5.74. The van der Waals surface area contributed by atoms with Crippen LogP contribution in [0.15, 0.2) is 0 Å². The molecular formula is C8H12O3S. The number of methoxy groups -OCH3 is 1. The molecule has 0 radical (unpaired) electrons. The standard InChI is InChI=1S/C8H12O3S/c1-11-8(10)5-12-4-7(9)6-2-3-6/h6H,2-5H2,1H3. The highest BCUT2D eigenvalue weighted by molar-refractivity contribution is 8.00. The molecule has 1 saturated carbocycles. The summed E-state index contributed by atoms with van der Waals surface area (Å²) in [6.07, 6.45) is 2.08. The van der Waals surface area contributed by atoms with Crippen molar-refractivity contribution in [1.82, 2.24) is 0 Å². The smallest absolute Gasteiger partial charge is 0.315 e. The molecule has 68 valence electrons. The van der Waals surface area contributed by atoms with Crippen molar-refractivity contribution in [2.24, 2.45) is 5.92 Å². The predicted octanol–water partition coefficient (Wildman–Crippen LogP) is 0.872. The van der Waals surface area contributed by atoms with E-state index in [1.807, 2.05) is 0 Å². The second-order valence-electron chi connectivity index (χ2n) is 2.81. The van der Waals surface area contributed by atoms with E-state index in [0.717, 1.165) is 12.8 Å². The Morgan fingerprint density at radius 1 is 1.42 bits per heavy atom. The number of hydrogen-bond donors (Lipinski definition) is 0. The van der Waals surface area contributed by atoms with E-state index < -0.39 is 0 Å². The fraction of sp³-hybridized carbons (Fsp3) is 0.750. The highest BCUT2D eigenvalue weighted by atomic mass is 32.2. The molecule has 1 fully saturated rings. The van der Waals surface area contributed by atoms with E-state index in [-0.39, 0.29) is 17.5 Å². The Labute approximate surface area is 75.8 Å². The van der Waals surface area contributed by atoms with Gasteiger partial charge >= 0.3 is 5.97 Å². The predicted molar refractivity (Wildman–Crippen MR) is 47.1 cm³/mol. The lowest BCUT2D eigenvalue weighted by atomic mass is 10.3. The highest BCUT2D eigenvalue weighted by Crippen LogP contribution is 2.30. The van der Waals surface area contributed by atoms with Crippen LogP contribution >= 0.6 is 11.8 Å². The zero-order valence-corrected chi connectivity index (χ0v) is 7.86. The van der Waals surface area contributed by atoms with Crippen molar-refractivity contribution in [3.63, 3.8) is 0 Å². The minimum Gasteiger partial charge on any atom is -0.468 e. The van der Waals surface area contributed by atoms with Gasteiger partial charge < -0.3 is 4.74 Å². The molecule has 0 aliphatic heterocycles. The van der Waals surface area contributed by atoms with E-state index >= 15 is 0 Å². The summed E-state index contributed by atoms with van der Waals surface area (Å²) in [5.74, 6) is 1.07. The van der Waals surface area contributed by atoms with Crippen molar-refractivity contribution in [2.75, 3.05) is 18.6 Å². The quantitative estimate of drug-likeness (QED) is 0.600. The average Bonchev–Trinajstić information content (AvgIpc) is 2.86. The number of ether oxygens (including phenoxy) is 1. The molecule has 0 aromatic carbocycles. The number of ketones is 1. The van der Waals surface area contributed by atoms with E-state index in [1.54, 1.807) is 0 Å². The highest BCUT2D eigenvalue weighted by Gasteiger charge is 2.28. The van der Waals surface area contributed by atoms with Crippen molar-refractivity contribution in [1.29, 1.82) is 0 Å². The monoisotopic (exact) mass is 188 g/mol. The van der Waals surface area contributed by atoms with E-state index in [2.05, 4.69) is 4.74 Å². The Kier molecular flexibility index (Phi) is 3.59. The van der Waals surface area contributed by atoms with Gasteiger partial charge in [-0.2, -0.15) is 0 Å². The van der Waals surface area contributed by atoms with Crippen molar-refractivity contribution in [3.8, 4) is 0 Å². The molecule has 1 aliphatic rings. The number of hydrogen-bond acceptors (Lipinski definition) is 4. The molecule has 0 atom stereocenters. The lowest BCUT2D eigenvalue weighted by Gasteiger charge is -1.98. The molecule has 0 spiro atoms. The normalized spacial score (nSPS) is 15.8. The van der Waals surface area contributed by atoms with Crippen LogP contribution in [0.2, 0.25) is 0 Å². The van der Waals surface area contributed by atoms with E-state index in [1.165, 1.54) is 18.9 Å². The second-order valence-corrected chi connectivity index (χ2v) is 3.80. The van der Waals surface area contributed by atoms with Crippen LogP contribution in [0.25, 0.3) is 0 Å². The van der Waals surface area contributed by atoms with Gasteiger partial charge in [0, 0.05) is 5.92 Å². The maximum Gasteiger partial charge on any atom is 0.315 e. The Morgan fingerprint density at radius 2 is 2.08 bits per heavy atom. The third kappa shape index (κ3) is 3.26. The molecule has 0 bridgehead atoms. The van der Waals surface area contributed by atoms with Gasteiger partial charge in [-0.15, -0.1) is 11.8 Å². The van der Waals surface area contributed by atoms with Gasteiger partial charge in [-0.1, -0.05) is 0 Å². The number of thioether (sulfide) groups is 1. The van der Waals surface area contributed by atoms with Crippen LogP contribution in [0, 0.1) is 5.92 Å². The van der Waals surface area contributed by atoms with Gasteiger partial charge in [0.2, 0.25) is 0 Å². The van der Waals surface area contributed by atoms with Gasteiger partial charge in [0.15, 0.2) is 0 Å². The molecule has 0 unspecified atom stereocenters. The van der Waals surface area contributed by atoms with Gasteiger partial charge in [-0.3, -0.25) is 9.59 Å². The lowest BCUT2D eigenvalue weighted by molar-refractivity contribution is -0.137. The summed E-state index contributed by atoms with van der Waals surface area (Å²) in [5, 5.41) is 0. The van der Waals surface area contributed by atoms with Crippen LogP contribution in [-0.2, 0) is 14.3 Å². The SMILES string of the molecule is COC(=O)CSCC(=O)C1CC1. The number of rotatable bonds is 5. The minimum atomic E-state index is -0.261. The van der Waals surface area contributed by atoms with Gasteiger partial charge in [0.25, 0.3) is 0 Å². The molecule has 0 amide bonds. The van der Waals surface area contributed by atoms with Crippen molar-refractivity contribution in [3.05, 3.63) is 0 Å². The van der Waals surface area contributed by atoms with Crippen LogP contribution in [-0.4, -0.2) is 30.4 Å². The van der Waals surface area contributed by atoms with Crippen LogP contribution in [0.3, 0.4) is 0 Å². The van der Waals surface area contributed by atoms with Crippen LogP contribution in [0.5, 0.6) is 0 Å². The van der Waals surface area contributed by atoms with Crippen molar-refractivity contribution >= 4 is 23.5 Å². The van der Waals surface area contributed by atoms with Crippen LogP contribution < -0.4 is 0 Å². The number of carbonyl (C=O) groups is 2. The van der Waals surface area contributed by atoms with Gasteiger partial charge in [0.05, 0.1) is 18.6 Å². The number of carbonyl (C=O) groups excluding carboxylic acids is 2. The maximum atomic E-state index is 11.1. The van der Waals surface area contributed by atoms with E-state index in [0.29, 0.717) is 11.7 Å². The Morgan fingerprint density at radius 3 is 2.58 bits per heavy atom. The molecule has 4 heteroatoms. The minimum absolute atomic E-state index is 0.261. The van der Waals surface area contributed by atoms with Gasteiger partial charge in [-0.05, 0) is 12.8 Å². The molecule has 0 aromatic rings. The maximum absolute atomic E-state index is 11.1. The molecule has 1 aliphatic carbocycles. The molecule has 1 rings (SSSR count). The summed E-state index contributed by atoms with van der Waals surface area (Å²) < 4.78 is 4.44. The van der Waals surface area contributed by atoms with Crippen LogP contribution in [0.4, 0.5) is 0 Å². The third-order valence-corrected chi connectivity index (χ3v) is 2.65. The van der Waals surface area contributed by atoms with Crippen LogP contribution in [0.1, 0.15) is 12.8 Å². The summed E-state index contributed by atoms with van der Waals surface area (Å²) in [5.41, 5.74) is 0. The molecule has 0 saturated heterocycles. The summed E-state index contributed by atoms with van der Waals surface area (Å²) in [6.45, 7) is 0. The first-order valence-corrected chi connectivity index (χ1v) is 5.06. The number of esters is 1. The molecule has 3 nitrogen and oxygen atoms in total. The average molecular weight is 188 g/mol. The fourth-order valence-corrected chi connectivity index (χ4v) is 1.64. The first kappa shape index (κ1) is 9.58. The molecule has 12 heavy (non-hydrogen) atoms. The summed E-state index contributed by atoms with van der Waals surface area (Å²) in [6, 6.07) is 0. The number of Topliss-reactive ketones (excluding diaryl/α,β-unsaturated/α-hetero) is 1. The lowest BCUT2D eigenvalue weighted by Crippen LogP contribution is -2.08. The molecule has 0 heterocycles. The Balaban J connectivity index is 2.01. The summed E-state index contributed by atoms with van der Waals surface area (Å²) in [4.78, 5) is 21.7. The van der Waals surface area contributed by atoms with Crippen molar-refractivity contribution < 1.29 is 14.3 Å². The fourth-order valence-electron chi connectivity index (χ4n) is 0.817.